The Bertz CT molecular complexity index is 218. The Morgan fingerprint density at radius 1 is 1.33 bits per heavy atom. The second kappa shape index (κ2) is 5.71. The highest BCUT2D eigenvalue weighted by molar-refractivity contribution is 5.75. The molecule has 15 heavy (non-hydrogen) atoms. The molecule has 83 valence electrons. The lowest BCUT2D eigenvalue weighted by molar-refractivity contribution is -0.0604. The second-order valence-corrected chi connectivity index (χ2v) is 4.79. The Kier molecular flexibility index (Phi) is 4.87. The average molecular weight is 206 g/mol. The first-order valence-corrected chi connectivity index (χ1v) is 5.73. The zero-order valence-electron chi connectivity index (χ0n) is 9.91. The van der Waals surface area contributed by atoms with Gasteiger partial charge >= 0.3 is 0 Å². The normalized spacial score (nSPS) is 33.3. The summed E-state index contributed by atoms with van der Waals surface area (Å²) in [6, 6.07) is 0. The summed E-state index contributed by atoms with van der Waals surface area (Å²) in [7, 11) is 0. The molecule has 3 rings (SSSR count). The van der Waals surface area contributed by atoms with Gasteiger partial charge in [0.1, 0.15) is 0 Å². The zero-order chi connectivity index (χ0) is 9.97. The van der Waals surface area contributed by atoms with Crippen molar-refractivity contribution in [2.24, 2.45) is 5.92 Å². The number of allylic oxidation sites excluding steroid dienone is 1. The average Bonchev–Trinajstić information content (AvgIpc) is 2.19. The highest BCUT2D eigenvalue weighted by atomic mass is 16.5. The van der Waals surface area contributed by atoms with Crippen LogP contribution in [0.2, 0.25) is 0 Å². The molecule has 0 aromatic rings. The molecule has 3 aliphatic rings. The van der Waals surface area contributed by atoms with Crippen LogP contribution in [0.5, 0.6) is 0 Å². The van der Waals surface area contributed by atoms with Gasteiger partial charge in [0.2, 0.25) is 0 Å². The third-order valence-corrected chi connectivity index (χ3v) is 3.40. The van der Waals surface area contributed by atoms with Gasteiger partial charge in [0.05, 0.1) is 12.7 Å². The first kappa shape index (κ1) is 12.8. The van der Waals surface area contributed by atoms with E-state index in [-0.39, 0.29) is 8.41 Å². The largest absolute Gasteiger partial charge is 0.373 e. The summed E-state index contributed by atoms with van der Waals surface area (Å²) in [5.41, 5.74) is 1.35. The second-order valence-electron chi connectivity index (χ2n) is 4.79. The molecular formula is C12H21BNO. The van der Waals surface area contributed by atoms with E-state index in [0.717, 1.165) is 12.5 Å². The van der Waals surface area contributed by atoms with E-state index in [9.17, 15) is 0 Å². The molecule has 3 radical (unpaired) electrons. The molecule has 0 aliphatic carbocycles. The quantitative estimate of drug-likeness (QED) is 0.514. The van der Waals surface area contributed by atoms with Crippen molar-refractivity contribution < 1.29 is 4.74 Å². The third kappa shape index (κ3) is 3.35. The number of piperidine rings is 3. The van der Waals surface area contributed by atoms with Gasteiger partial charge in [-0.1, -0.05) is 11.6 Å². The van der Waals surface area contributed by atoms with Crippen LogP contribution in [0.15, 0.2) is 11.6 Å². The van der Waals surface area contributed by atoms with Crippen LogP contribution in [0.4, 0.5) is 0 Å². The Balaban J connectivity index is 0.00000112. The smallest absolute Gasteiger partial charge is 0.0735 e. The van der Waals surface area contributed by atoms with Crippen LogP contribution in [0.3, 0.4) is 0 Å². The van der Waals surface area contributed by atoms with E-state index >= 15 is 0 Å². The third-order valence-electron chi connectivity index (χ3n) is 3.40. The van der Waals surface area contributed by atoms with Crippen molar-refractivity contribution in [3.8, 4) is 0 Å². The van der Waals surface area contributed by atoms with Crippen molar-refractivity contribution in [1.82, 2.24) is 4.90 Å². The molecule has 0 amide bonds. The molecule has 3 heterocycles. The van der Waals surface area contributed by atoms with Crippen molar-refractivity contribution >= 4 is 8.41 Å². The minimum Gasteiger partial charge on any atom is -0.373 e. The lowest BCUT2D eigenvalue weighted by Crippen LogP contribution is -2.51. The number of ether oxygens (including phenoxy) is 1. The monoisotopic (exact) mass is 206 g/mol. The number of hydrogen-bond acceptors (Lipinski definition) is 2. The molecule has 2 bridgehead atoms. The summed E-state index contributed by atoms with van der Waals surface area (Å²) in [5, 5.41) is 0. The highest BCUT2D eigenvalue weighted by Gasteiger charge is 2.34. The molecule has 3 heteroatoms. The molecule has 2 nitrogen and oxygen atoms in total. The van der Waals surface area contributed by atoms with E-state index in [1.165, 1.54) is 38.0 Å². The molecule has 0 aromatic heterocycles. The number of hydrogen-bond donors (Lipinski definition) is 0. The van der Waals surface area contributed by atoms with Gasteiger partial charge in [-0.25, -0.2) is 0 Å². The number of fused-ring (bicyclic) bond motifs is 3. The summed E-state index contributed by atoms with van der Waals surface area (Å²) in [6.45, 7) is 8.82. The molecule has 0 unspecified atom stereocenters. The van der Waals surface area contributed by atoms with E-state index < -0.39 is 0 Å². The van der Waals surface area contributed by atoms with Crippen LogP contribution in [-0.2, 0) is 4.74 Å². The van der Waals surface area contributed by atoms with Gasteiger partial charge in [0.25, 0.3) is 0 Å². The predicted molar refractivity (Wildman–Crippen MR) is 64.1 cm³/mol. The van der Waals surface area contributed by atoms with E-state index in [4.69, 9.17) is 4.74 Å². The topological polar surface area (TPSA) is 12.5 Å². The van der Waals surface area contributed by atoms with Crippen molar-refractivity contribution in [2.45, 2.75) is 32.8 Å². The summed E-state index contributed by atoms with van der Waals surface area (Å²) in [5.74, 6) is 0.838. The first-order valence-electron chi connectivity index (χ1n) is 5.73. The van der Waals surface area contributed by atoms with Crippen molar-refractivity contribution in [3.63, 3.8) is 0 Å². The van der Waals surface area contributed by atoms with Crippen LogP contribution in [0, 0.1) is 5.92 Å². The first-order chi connectivity index (χ1) is 6.75. The molecule has 3 aliphatic heterocycles. The highest BCUT2D eigenvalue weighted by Crippen LogP contribution is 2.29. The Labute approximate surface area is 95.2 Å². The molecule has 1 atom stereocenters. The summed E-state index contributed by atoms with van der Waals surface area (Å²) >= 11 is 0. The maximum absolute atomic E-state index is 5.91. The van der Waals surface area contributed by atoms with Gasteiger partial charge < -0.3 is 9.64 Å². The lowest BCUT2D eigenvalue weighted by Gasteiger charge is -2.44. The maximum Gasteiger partial charge on any atom is 0.0735 e. The van der Waals surface area contributed by atoms with Gasteiger partial charge in [0.15, 0.2) is 0 Å². The standard InChI is InChI=1S/C12H21NO.B/c1-10(2)5-8-14-12-9-13-6-3-11(12)4-7-13;/h5,11-12H,3-4,6-9H2,1-2H3;/t12-;/m0./s1. The Morgan fingerprint density at radius 2 is 2.00 bits per heavy atom. The lowest BCUT2D eigenvalue weighted by atomic mass is 9.86. The summed E-state index contributed by atoms with van der Waals surface area (Å²) in [6.07, 6.45) is 5.38. The molecule has 0 spiro atoms. The fourth-order valence-electron chi connectivity index (χ4n) is 2.44. The van der Waals surface area contributed by atoms with Gasteiger partial charge in [-0.15, -0.1) is 0 Å². The van der Waals surface area contributed by atoms with E-state index in [1.807, 2.05) is 0 Å². The van der Waals surface area contributed by atoms with E-state index in [1.54, 1.807) is 0 Å². The van der Waals surface area contributed by atoms with Gasteiger partial charge in [-0.05, 0) is 45.7 Å². The van der Waals surface area contributed by atoms with E-state index in [0.29, 0.717) is 6.10 Å². The predicted octanol–water partition coefficient (Wildman–Crippen LogP) is 1.68. The van der Waals surface area contributed by atoms with Gasteiger partial charge in [0, 0.05) is 15.0 Å². The molecule has 0 aromatic carbocycles. The van der Waals surface area contributed by atoms with Gasteiger partial charge in [-0.2, -0.15) is 0 Å². The SMILES string of the molecule is CC(C)=CCO[C@H]1CN2CCC1CC2.[B]. The molecular weight excluding hydrogens is 185 g/mol. The van der Waals surface area contributed by atoms with Crippen molar-refractivity contribution in [3.05, 3.63) is 11.6 Å². The Hall–Kier alpha value is -0.275. The van der Waals surface area contributed by atoms with Crippen LogP contribution < -0.4 is 0 Å². The minimum absolute atomic E-state index is 0. The minimum atomic E-state index is 0. The fraction of sp³-hybridized carbons (Fsp3) is 0.833. The maximum atomic E-state index is 5.91. The number of nitrogens with zero attached hydrogens (tertiary/aromatic N) is 1. The van der Waals surface area contributed by atoms with Gasteiger partial charge in [-0.3, -0.25) is 0 Å². The van der Waals surface area contributed by atoms with Crippen LogP contribution in [0.25, 0.3) is 0 Å². The van der Waals surface area contributed by atoms with Crippen LogP contribution >= 0.6 is 0 Å². The van der Waals surface area contributed by atoms with Crippen molar-refractivity contribution in [1.29, 1.82) is 0 Å². The summed E-state index contributed by atoms with van der Waals surface area (Å²) in [4.78, 5) is 2.53. The zero-order valence-corrected chi connectivity index (χ0v) is 9.91. The molecule has 3 saturated heterocycles. The molecule has 0 N–H and O–H groups in total. The fourth-order valence-corrected chi connectivity index (χ4v) is 2.44. The number of rotatable bonds is 3. The summed E-state index contributed by atoms with van der Waals surface area (Å²) < 4.78 is 5.91. The van der Waals surface area contributed by atoms with Crippen LogP contribution in [-0.4, -0.2) is 45.7 Å². The Morgan fingerprint density at radius 3 is 2.47 bits per heavy atom. The molecule has 3 fully saturated rings. The molecule has 0 saturated carbocycles. The van der Waals surface area contributed by atoms with Crippen LogP contribution in [0.1, 0.15) is 26.7 Å². The van der Waals surface area contributed by atoms with E-state index in [2.05, 4.69) is 24.8 Å². The van der Waals surface area contributed by atoms with Crippen molar-refractivity contribution in [2.75, 3.05) is 26.2 Å².